The molecule has 0 amide bonds. The van der Waals surface area contributed by atoms with Crippen molar-refractivity contribution in [1.82, 2.24) is 14.7 Å². The number of carbonyl (C=O) groups excluding carboxylic acids is 3. The fourth-order valence-electron chi connectivity index (χ4n) is 4.26. The number of phenolic OH excluding ortho intramolecular Hbond substituents is 1. The third kappa shape index (κ3) is 16.8. The van der Waals surface area contributed by atoms with E-state index < -0.39 is 91.0 Å². The molecule has 0 aromatic heterocycles. The molecular formula is C26H30I2N3O14P2-7. The van der Waals surface area contributed by atoms with Gasteiger partial charge in [0, 0.05) is 51.8 Å². The molecule has 2 aromatic carbocycles. The maximum absolute atomic E-state index is 12.4. The number of carboxylic acid groups (broad SMARTS) is 3. The molecule has 0 aliphatic carbocycles. The number of rotatable bonds is 20. The summed E-state index contributed by atoms with van der Waals surface area (Å²) in [7, 11) is -10.5. The van der Waals surface area contributed by atoms with E-state index in [1.54, 1.807) is 12.1 Å². The van der Waals surface area contributed by atoms with Gasteiger partial charge in [0.15, 0.2) is 5.75 Å². The Morgan fingerprint density at radius 2 is 1.21 bits per heavy atom. The summed E-state index contributed by atoms with van der Waals surface area (Å²) in [6.07, 6.45) is -2.72. The molecule has 17 nitrogen and oxygen atoms in total. The molecule has 2 aromatic rings. The van der Waals surface area contributed by atoms with Crippen LogP contribution in [-0.2, 0) is 29.9 Å². The molecule has 0 heterocycles. The van der Waals surface area contributed by atoms with Gasteiger partial charge in [-0.2, -0.15) is 0 Å². The fraction of sp³-hybridized carbons (Fsp3) is 0.423. The highest BCUT2D eigenvalue weighted by atomic mass is 127. The summed E-state index contributed by atoms with van der Waals surface area (Å²) < 4.78 is 29.7. The molecule has 0 saturated carbocycles. The van der Waals surface area contributed by atoms with E-state index in [0.717, 1.165) is 4.90 Å². The molecule has 0 aliphatic heterocycles. The van der Waals surface area contributed by atoms with Crippen molar-refractivity contribution in [3.8, 4) is 17.2 Å². The minimum absolute atomic E-state index is 0. The van der Waals surface area contributed by atoms with Crippen LogP contribution in [0.25, 0.3) is 0 Å². The first-order valence-electron chi connectivity index (χ1n) is 13.0. The van der Waals surface area contributed by atoms with Crippen LogP contribution in [0.3, 0.4) is 0 Å². The SMILES string of the molecule is C.O=C([O-])CN(CCN(CCN(CC(=O)[O-])CP(=O)([O-])[O-])C(Cc1cc(I)c(Oc2ccc(O)cc2)c(I)c1)C(=O)[O-])CP(=O)([O-])[O-]. The number of nitrogens with zero attached hydrogens (tertiary/aromatic N) is 3. The molecule has 0 fully saturated rings. The molecule has 1 N–H and O–H groups in total. The zero-order valence-electron chi connectivity index (χ0n) is 23.7. The maximum Gasteiger partial charge on any atom is 0.154 e. The molecule has 0 spiro atoms. The van der Waals surface area contributed by atoms with Gasteiger partial charge in [-0.1, -0.05) is 22.6 Å². The van der Waals surface area contributed by atoms with Gasteiger partial charge in [-0.3, -0.25) is 14.7 Å². The van der Waals surface area contributed by atoms with Gasteiger partial charge in [-0.05, 0) is 93.6 Å². The van der Waals surface area contributed by atoms with E-state index in [0.29, 0.717) is 34.0 Å². The Morgan fingerprint density at radius 3 is 1.57 bits per heavy atom. The summed E-state index contributed by atoms with van der Waals surface area (Å²) >= 11 is 3.92. The summed E-state index contributed by atoms with van der Waals surface area (Å²) in [4.78, 5) is 82.6. The van der Waals surface area contributed by atoms with E-state index in [9.17, 15) is 63.5 Å². The summed E-state index contributed by atoms with van der Waals surface area (Å²) in [5.74, 6) is -4.24. The minimum Gasteiger partial charge on any atom is -0.810 e. The van der Waals surface area contributed by atoms with Crippen LogP contribution in [-0.4, -0.2) is 95.6 Å². The van der Waals surface area contributed by atoms with Gasteiger partial charge >= 0.3 is 0 Å². The standard InChI is InChI=1S/C25H33I2N3O14P2.CH4/c26-19-9-16(10-20(27)24(19)44-18-3-1-17(31)2-4-18)11-21(25(36)37)30(7-5-28(12-22(32)33)14-45(38,39)40)8-6-29(13-23(34)35)15-46(41,42)43;/h1-4,9-10,21,31H,5-8,11-15H2,(H,32,33)(H,34,35)(H,36,37)(H2,38,39,40)(H2,41,42,43);1H4/p-7. The second kappa shape index (κ2) is 19.3. The van der Waals surface area contributed by atoms with Gasteiger partial charge in [0.2, 0.25) is 0 Å². The molecule has 47 heavy (non-hydrogen) atoms. The zero-order chi connectivity index (χ0) is 34.8. The average molecular weight is 924 g/mol. The third-order valence-corrected chi connectivity index (χ3v) is 9.21. The summed E-state index contributed by atoms with van der Waals surface area (Å²) in [5, 5.41) is 44.2. The molecule has 0 saturated heterocycles. The molecule has 2 rings (SSSR count). The Hall–Kier alpha value is -1.91. The van der Waals surface area contributed by atoms with E-state index in [1.807, 2.05) is 45.2 Å². The molecule has 0 aliphatic rings. The van der Waals surface area contributed by atoms with E-state index in [2.05, 4.69) is 0 Å². The Bertz CT molecular complexity index is 1400. The first-order valence-corrected chi connectivity index (χ1v) is 18.6. The fourth-order valence-corrected chi connectivity index (χ4v) is 7.84. The molecule has 264 valence electrons. The number of hydrogen-bond donors (Lipinski definition) is 1. The van der Waals surface area contributed by atoms with Crippen molar-refractivity contribution in [2.45, 2.75) is 19.9 Å². The van der Waals surface area contributed by atoms with Crippen LogP contribution < -0.4 is 39.6 Å². The lowest BCUT2D eigenvalue weighted by Crippen LogP contribution is -2.54. The number of carbonyl (C=O) groups is 3. The quantitative estimate of drug-likeness (QED) is 0.0974. The lowest BCUT2D eigenvalue weighted by atomic mass is 10.0. The van der Waals surface area contributed by atoms with Gasteiger partial charge in [0.05, 0.1) is 31.1 Å². The van der Waals surface area contributed by atoms with Crippen molar-refractivity contribution >= 4 is 78.3 Å². The number of hydrogen-bond acceptors (Lipinski definition) is 17. The van der Waals surface area contributed by atoms with Crippen molar-refractivity contribution in [2.24, 2.45) is 0 Å². The van der Waals surface area contributed by atoms with E-state index >= 15 is 0 Å². The highest BCUT2D eigenvalue weighted by molar-refractivity contribution is 14.1. The molecule has 21 heteroatoms. The van der Waals surface area contributed by atoms with Crippen LogP contribution in [0, 0.1) is 7.14 Å². The predicted octanol–water partition coefficient (Wildman–Crippen LogP) is -4.16. The Morgan fingerprint density at radius 1 is 0.787 bits per heavy atom. The molecule has 0 bridgehead atoms. The van der Waals surface area contributed by atoms with Crippen molar-refractivity contribution in [3.63, 3.8) is 0 Å². The lowest BCUT2D eigenvalue weighted by Gasteiger charge is -2.40. The molecular weight excluding hydrogens is 894 g/mol. The second-order valence-electron chi connectivity index (χ2n) is 9.91. The number of ether oxygens (including phenoxy) is 1. The topological polar surface area (TPSA) is 286 Å². The first-order chi connectivity index (χ1) is 21.2. The number of aromatic hydroxyl groups is 1. The predicted molar refractivity (Wildman–Crippen MR) is 169 cm³/mol. The number of benzene rings is 2. The van der Waals surface area contributed by atoms with Gasteiger partial charge in [-0.25, -0.2) is 0 Å². The van der Waals surface area contributed by atoms with Gasteiger partial charge in [-0.15, -0.1) is 0 Å². The van der Waals surface area contributed by atoms with Gasteiger partial charge in [0.25, 0.3) is 0 Å². The highest BCUT2D eigenvalue weighted by Crippen LogP contribution is 2.34. The van der Waals surface area contributed by atoms with Crippen molar-refractivity contribution in [2.75, 3.05) is 51.8 Å². The van der Waals surface area contributed by atoms with Gasteiger partial charge in [0.1, 0.15) is 11.5 Å². The van der Waals surface area contributed by atoms with Crippen molar-refractivity contribution < 1.29 is 68.3 Å². The van der Waals surface area contributed by atoms with Crippen LogP contribution in [0.5, 0.6) is 17.2 Å². The number of phenols is 1. The average Bonchev–Trinajstić information content (AvgIpc) is 2.88. The Labute approximate surface area is 297 Å². The van der Waals surface area contributed by atoms with Crippen LogP contribution in [0.1, 0.15) is 13.0 Å². The second-order valence-corrected chi connectivity index (χ2v) is 15.2. The molecule has 0 radical (unpaired) electrons. The largest absolute Gasteiger partial charge is 0.810 e. The molecule has 1 atom stereocenters. The van der Waals surface area contributed by atoms with E-state index in [-0.39, 0.29) is 19.6 Å². The Balaban J connectivity index is 0.0000110. The molecule has 1 unspecified atom stereocenters. The lowest BCUT2D eigenvalue weighted by molar-refractivity contribution is -0.319. The summed E-state index contributed by atoms with van der Waals surface area (Å²) in [6, 6.07) is 7.58. The van der Waals surface area contributed by atoms with E-state index in [1.165, 1.54) is 24.3 Å². The van der Waals surface area contributed by atoms with Crippen molar-refractivity contribution in [3.05, 3.63) is 49.1 Å². The number of aliphatic carboxylic acids is 3. The van der Waals surface area contributed by atoms with Crippen LogP contribution in [0.4, 0.5) is 0 Å². The first kappa shape index (κ1) is 43.1. The normalized spacial score (nSPS) is 12.6. The summed E-state index contributed by atoms with van der Waals surface area (Å²) in [6.45, 7) is -3.83. The van der Waals surface area contributed by atoms with Gasteiger partial charge < -0.3 is 68.3 Å². The highest BCUT2D eigenvalue weighted by Gasteiger charge is 2.24. The third-order valence-electron chi connectivity index (χ3n) is 6.12. The van der Waals surface area contributed by atoms with Crippen molar-refractivity contribution in [1.29, 1.82) is 0 Å². The van der Waals surface area contributed by atoms with Crippen LogP contribution in [0.2, 0.25) is 0 Å². The maximum atomic E-state index is 12.4. The number of carboxylic acids is 3. The smallest absolute Gasteiger partial charge is 0.154 e. The van der Waals surface area contributed by atoms with Crippen LogP contribution >= 0.6 is 60.4 Å². The van der Waals surface area contributed by atoms with Crippen LogP contribution in [0.15, 0.2) is 36.4 Å². The monoisotopic (exact) mass is 924 g/mol. The zero-order valence-corrected chi connectivity index (χ0v) is 29.8. The minimum atomic E-state index is -5.27. The summed E-state index contributed by atoms with van der Waals surface area (Å²) in [5.41, 5.74) is 0.441. The van der Waals surface area contributed by atoms with E-state index in [4.69, 9.17) is 4.74 Å². The number of halogens is 2. The Kier molecular flexibility index (Phi) is 17.7.